The van der Waals surface area contributed by atoms with Gasteiger partial charge in [-0.25, -0.2) is 14.4 Å². The number of carbonyl (C=O) groups is 1. The van der Waals surface area contributed by atoms with Crippen molar-refractivity contribution >= 4 is 34.7 Å². The van der Waals surface area contributed by atoms with E-state index in [0.29, 0.717) is 22.2 Å². The first-order valence-corrected chi connectivity index (χ1v) is 7.81. The summed E-state index contributed by atoms with van der Waals surface area (Å²) in [4.78, 5) is 20.5. The first-order chi connectivity index (χ1) is 12.0. The van der Waals surface area contributed by atoms with Crippen LogP contribution in [-0.2, 0) is 0 Å². The molecule has 1 amide bonds. The van der Waals surface area contributed by atoms with Crippen molar-refractivity contribution in [1.29, 1.82) is 0 Å². The molecule has 0 radical (unpaired) electrons. The Morgan fingerprint density at radius 1 is 1.08 bits per heavy atom. The van der Waals surface area contributed by atoms with Crippen LogP contribution in [0.15, 0.2) is 54.9 Å². The van der Waals surface area contributed by atoms with Gasteiger partial charge >= 0.3 is 0 Å². The molecule has 1 heterocycles. The van der Waals surface area contributed by atoms with E-state index in [1.165, 1.54) is 24.5 Å². The maximum Gasteiger partial charge on any atom is 0.274 e. The van der Waals surface area contributed by atoms with E-state index in [-0.39, 0.29) is 17.4 Å². The second kappa shape index (κ2) is 7.27. The van der Waals surface area contributed by atoms with Gasteiger partial charge in [0, 0.05) is 22.5 Å². The topological polar surface area (TPSA) is 66.9 Å². The van der Waals surface area contributed by atoms with Gasteiger partial charge in [-0.15, -0.1) is 0 Å². The van der Waals surface area contributed by atoms with Crippen molar-refractivity contribution in [1.82, 2.24) is 9.97 Å². The van der Waals surface area contributed by atoms with Gasteiger partial charge in [0.15, 0.2) is 0 Å². The zero-order valence-electron chi connectivity index (χ0n) is 13.3. The van der Waals surface area contributed by atoms with Crippen LogP contribution in [0.3, 0.4) is 0 Å². The molecule has 5 nitrogen and oxygen atoms in total. The minimum atomic E-state index is -0.380. The summed E-state index contributed by atoms with van der Waals surface area (Å²) in [5.41, 5.74) is 2.34. The van der Waals surface area contributed by atoms with Crippen molar-refractivity contribution in [2.75, 3.05) is 10.6 Å². The quantitative estimate of drug-likeness (QED) is 0.718. The minimum Gasteiger partial charge on any atom is -0.340 e. The molecule has 3 aromatic rings. The van der Waals surface area contributed by atoms with Crippen LogP contribution < -0.4 is 10.6 Å². The molecular formula is C18H14ClFN4O. The molecular weight excluding hydrogens is 343 g/mol. The molecule has 2 aromatic carbocycles. The fourth-order valence-electron chi connectivity index (χ4n) is 2.15. The largest absolute Gasteiger partial charge is 0.340 e. The van der Waals surface area contributed by atoms with E-state index in [1.807, 2.05) is 13.0 Å². The Morgan fingerprint density at radius 3 is 2.60 bits per heavy atom. The first kappa shape index (κ1) is 16.9. The van der Waals surface area contributed by atoms with Gasteiger partial charge in [0.2, 0.25) is 0 Å². The van der Waals surface area contributed by atoms with Crippen LogP contribution in [0, 0.1) is 12.7 Å². The third kappa shape index (κ3) is 4.30. The Morgan fingerprint density at radius 2 is 1.84 bits per heavy atom. The van der Waals surface area contributed by atoms with Gasteiger partial charge in [-0.1, -0.05) is 17.7 Å². The van der Waals surface area contributed by atoms with Crippen LogP contribution in [0.5, 0.6) is 0 Å². The molecule has 2 N–H and O–H groups in total. The summed E-state index contributed by atoms with van der Waals surface area (Å²) in [5.74, 6) is -0.283. The Bertz CT molecular complexity index is 915. The third-order valence-electron chi connectivity index (χ3n) is 3.46. The number of nitrogens with zero attached hydrogens (tertiary/aromatic N) is 2. The van der Waals surface area contributed by atoms with E-state index < -0.39 is 0 Å². The van der Waals surface area contributed by atoms with E-state index in [4.69, 9.17) is 11.6 Å². The van der Waals surface area contributed by atoms with Crippen LogP contribution in [0.25, 0.3) is 0 Å². The summed E-state index contributed by atoms with van der Waals surface area (Å²) in [5, 5.41) is 6.30. The van der Waals surface area contributed by atoms with Gasteiger partial charge in [0.25, 0.3) is 5.91 Å². The summed E-state index contributed by atoms with van der Waals surface area (Å²) in [6.45, 7) is 1.87. The predicted molar refractivity (Wildman–Crippen MR) is 95.9 cm³/mol. The molecule has 0 atom stereocenters. The molecule has 0 unspecified atom stereocenters. The summed E-state index contributed by atoms with van der Waals surface area (Å²) in [6, 6.07) is 12.6. The average Bonchev–Trinajstić information content (AvgIpc) is 2.60. The number of hydrogen-bond donors (Lipinski definition) is 2. The SMILES string of the molecule is Cc1ccc(Cl)cc1NC(=O)c1cc(Nc2ccc(F)cc2)ncn1. The van der Waals surface area contributed by atoms with E-state index >= 15 is 0 Å². The number of aromatic nitrogens is 2. The fourth-order valence-corrected chi connectivity index (χ4v) is 2.32. The van der Waals surface area contributed by atoms with Crippen LogP contribution in [0.4, 0.5) is 21.6 Å². The summed E-state index contributed by atoms with van der Waals surface area (Å²) >= 11 is 5.96. The Hall–Kier alpha value is -2.99. The Labute approximate surface area is 148 Å². The molecule has 126 valence electrons. The number of halogens is 2. The van der Waals surface area contributed by atoms with Crippen molar-refractivity contribution in [2.45, 2.75) is 6.92 Å². The van der Waals surface area contributed by atoms with Gasteiger partial charge in [0.05, 0.1) is 0 Å². The Kier molecular flexibility index (Phi) is 4.90. The lowest BCUT2D eigenvalue weighted by Crippen LogP contribution is -2.15. The lowest BCUT2D eigenvalue weighted by atomic mass is 10.2. The lowest BCUT2D eigenvalue weighted by Gasteiger charge is -2.10. The smallest absolute Gasteiger partial charge is 0.274 e. The standard InChI is InChI=1S/C18H14ClFN4O/c1-11-2-3-12(19)8-15(11)24-18(25)16-9-17(22-10-21-16)23-14-6-4-13(20)5-7-14/h2-10H,1H3,(H,24,25)(H,21,22,23). The van der Waals surface area contributed by atoms with Gasteiger partial charge in [-0.3, -0.25) is 4.79 Å². The molecule has 0 saturated carbocycles. The third-order valence-corrected chi connectivity index (χ3v) is 3.70. The molecule has 0 spiro atoms. The highest BCUT2D eigenvalue weighted by Gasteiger charge is 2.11. The van der Waals surface area contributed by atoms with E-state index in [2.05, 4.69) is 20.6 Å². The van der Waals surface area contributed by atoms with Crippen molar-refractivity contribution in [2.24, 2.45) is 0 Å². The zero-order chi connectivity index (χ0) is 17.8. The van der Waals surface area contributed by atoms with Crippen molar-refractivity contribution in [3.8, 4) is 0 Å². The van der Waals surface area contributed by atoms with Crippen molar-refractivity contribution in [3.63, 3.8) is 0 Å². The molecule has 3 rings (SSSR count). The fraction of sp³-hybridized carbons (Fsp3) is 0.0556. The summed E-state index contributed by atoms with van der Waals surface area (Å²) in [6.07, 6.45) is 1.28. The highest BCUT2D eigenvalue weighted by molar-refractivity contribution is 6.31. The van der Waals surface area contributed by atoms with Crippen LogP contribution in [-0.4, -0.2) is 15.9 Å². The molecule has 0 aliphatic heterocycles. The molecule has 0 aliphatic rings. The number of rotatable bonds is 4. The molecule has 7 heteroatoms. The molecule has 0 fully saturated rings. The predicted octanol–water partition coefficient (Wildman–Crippen LogP) is 4.57. The highest BCUT2D eigenvalue weighted by Crippen LogP contribution is 2.21. The molecule has 1 aromatic heterocycles. The van der Waals surface area contributed by atoms with Crippen LogP contribution in [0.1, 0.15) is 16.1 Å². The normalized spacial score (nSPS) is 10.4. The zero-order valence-corrected chi connectivity index (χ0v) is 14.0. The number of benzene rings is 2. The molecule has 0 aliphatic carbocycles. The van der Waals surface area contributed by atoms with Crippen molar-refractivity contribution in [3.05, 3.63) is 77.0 Å². The number of aryl methyl sites for hydroxylation is 1. The van der Waals surface area contributed by atoms with E-state index in [0.717, 1.165) is 5.56 Å². The number of anilines is 3. The lowest BCUT2D eigenvalue weighted by molar-refractivity contribution is 0.102. The number of nitrogens with one attached hydrogen (secondary N) is 2. The maximum atomic E-state index is 12.9. The van der Waals surface area contributed by atoms with E-state index in [1.54, 1.807) is 24.3 Å². The molecule has 0 bridgehead atoms. The number of hydrogen-bond acceptors (Lipinski definition) is 4. The van der Waals surface area contributed by atoms with Crippen LogP contribution >= 0.6 is 11.6 Å². The first-order valence-electron chi connectivity index (χ1n) is 7.43. The van der Waals surface area contributed by atoms with Crippen molar-refractivity contribution < 1.29 is 9.18 Å². The highest BCUT2D eigenvalue weighted by atomic mass is 35.5. The second-order valence-corrected chi connectivity index (χ2v) is 5.77. The number of carbonyl (C=O) groups excluding carboxylic acids is 1. The second-order valence-electron chi connectivity index (χ2n) is 5.33. The summed E-state index contributed by atoms with van der Waals surface area (Å²) in [7, 11) is 0. The van der Waals surface area contributed by atoms with Gasteiger partial charge < -0.3 is 10.6 Å². The average molecular weight is 357 g/mol. The van der Waals surface area contributed by atoms with Gasteiger partial charge in [-0.05, 0) is 48.9 Å². The number of amides is 1. The maximum absolute atomic E-state index is 12.9. The van der Waals surface area contributed by atoms with E-state index in [9.17, 15) is 9.18 Å². The Balaban J connectivity index is 1.77. The molecule has 25 heavy (non-hydrogen) atoms. The molecule has 0 saturated heterocycles. The monoisotopic (exact) mass is 356 g/mol. The van der Waals surface area contributed by atoms with Crippen LogP contribution in [0.2, 0.25) is 5.02 Å². The van der Waals surface area contributed by atoms with Gasteiger partial charge in [0.1, 0.15) is 23.7 Å². The summed E-state index contributed by atoms with van der Waals surface area (Å²) < 4.78 is 12.9. The minimum absolute atomic E-state index is 0.194. The van der Waals surface area contributed by atoms with Gasteiger partial charge in [-0.2, -0.15) is 0 Å².